The van der Waals surface area contributed by atoms with Gasteiger partial charge in [-0.15, -0.1) is 0 Å². The molecule has 0 unspecified atom stereocenters. The second kappa shape index (κ2) is 5.32. The van der Waals surface area contributed by atoms with E-state index in [9.17, 15) is 22.4 Å². The van der Waals surface area contributed by atoms with Crippen molar-refractivity contribution < 1.29 is 27.1 Å². The molecule has 0 aliphatic carbocycles. The first kappa shape index (κ1) is 14.0. The van der Waals surface area contributed by atoms with E-state index in [0.717, 1.165) is 12.1 Å². The molecule has 0 aromatic heterocycles. The van der Waals surface area contributed by atoms with Gasteiger partial charge in [0.25, 0.3) is 0 Å². The van der Waals surface area contributed by atoms with Gasteiger partial charge in [-0.3, -0.25) is 4.79 Å². The first-order valence-electron chi connectivity index (χ1n) is 5.48. The summed E-state index contributed by atoms with van der Waals surface area (Å²) in [5.74, 6) is -7.16. The van der Waals surface area contributed by atoms with Crippen LogP contribution in [0.2, 0.25) is 0 Å². The van der Waals surface area contributed by atoms with Gasteiger partial charge in [-0.05, 0) is 24.3 Å². The smallest absolute Gasteiger partial charge is 0.199 e. The van der Waals surface area contributed by atoms with E-state index in [0.29, 0.717) is 6.07 Å². The third kappa shape index (κ3) is 2.24. The fourth-order valence-electron chi connectivity index (χ4n) is 1.69. The van der Waals surface area contributed by atoms with Crippen LogP contribution in [0.4, 0.5) is 17.6 Å². The molecule has 2 aromatic rings. The third-order valence-corrected chi connectivity index (χ3v) is 2.71. The molecule has 0 heterocycles. The van der Waals surface area contributed by atoms with Gasteiger partial charge in [0.1, 0.15) is 0 Å². The zero-order chi connectivity index (χ0) is 14.9. The molecular formula is C14H8F4O2. The van der Waals surface area contributed by atoms with Gasteiger partial charge in [-0.1, -0.05) is 6.07 Å². The van der Waals surface area contributed by atoms with Crippen molar-refractivity contribution in [2.45, 2.75) is 0 Å². The number of halogens is 4. The molecule has 0 bridgehead atoms. The van der Waals surface area contributed by atoms with Crippen LogP contribution in [0.5, 0.6) is 5.75 Å². The molecular weight excluding hydrogens is 276 g/mol. The lowest BCUT2D eigenvalue weighted by molar-refractivity contribution is 0.102. The molecule has 0 aliphatic rings. The highest BCUT2D eigenvalue weighted by atomic mass is 19.2. The monoisotopic (exact) mass is 284 g/mol. The highest BCUT2D eigenvalue weighted by Crippen LogP contribution is 2.24. The molecule has 0 spiro atoms. The zero-order valence-corrected chi connectivity index (χ0v) is 10.2. The summed E-state index contributed by atoms with van der Waals surface area (Å²) in [5.41, 5.74) is -1.25. The summed E-state index contributed by atoms with van der Waals surface area (Å²) in [4.78, 5) is 12.0. The van der Waals surface area contributed by atoms with Gasteiger partial charge >= 0.3 is 0 Å². The lowest BCUT2D eigenvalue weighted by atomic mass is 10.0. The molecule has 0 N–H and O–H groups in total. The minimum absolute atomic E-state index is 0.209. The fourth-order valence-corrected chi connectivity index (χ4v) is 1.69. The lowest BCUT2D eigenvalue weighted by Crippen LogP contribution is -2.09. The Hall–Kier alpha value is -2.37. The summed E-state index contributed by atoms with van der Waals surface area (Å²) in [6.45, 7) is 0. The normalized spacial score (nSPS) is 10.4. The predicted octanol–water partition coefficient (Wildman–Crippen LogP) is 3.48. The van der Waals surface area contributed by atoms with Crippen molar-refractivity contribution in [1.29, 1.82) is 0 Å². The van der Waals surface area contributed by atoms with Crippen molar-refractivity contribution in [1.82, 2.24) is 0 Å². The Morgan fingerprint density at radius 2 is 1.55 bits per heavy atom. The average Bonchev–Trinajstić information content (AvgIpc) is 2.44. The molecule has 0 aliphatic heterocycles. The van der Waals surface area contributed by atoms with E-state index in [4.69, 9.17) is 0 Å². The van der Waals surface area contributed by atoms with Gasteiger partial charge in [-0.2, -0.15) is 0 Å². The van der Waals surface area contributed by atoms with Gasteiger partial charge in [0.15, 0.2) is 34.8 Å². The Kier molecular flexibility index (Phi) is 3.74. The average molecular weight is 284 g/mol. The van der Waals surface area contributed by atoms with Crippen LogP contribution in [0.25, 0.3) is 0 Å². The number of ketones is 1. The molecule has 2 rings (SSSR count). The summed E-state index contributed by atoms with van der Waals surface area (Å²) in [6.07, 6.45) is 0. The van der Waals surface area contributed by atoms with E-state index in [1.165, 1.54) is 19.2 Å². The standard InChI is InChI=1S/C14H8F4O2/c1-20-10-4-2-3-7(11(10)16)14(19)8-5-6-9(15)13(18)12(8)17/h2-6H,1H3. The molecule has 0 radical (unpaired) electrons. The quantitative estimate of drug-likeness (QED) is 0.490. The van der Waals surface area contributed by atoms with E-state index in [1.807, 2.05) is 0 Å². The SMILES string of the molecule is COc1cccc(C(=O)c2ccc(F)c(F)c2F)c1F. The highest BCUT2D eigenvalue weighted by molar-refractivity contribution is 6.09. The number of hydrogen-bond donors (Lipinski definition) is 0. The van der Waals surface area contributed by atoms with Crippen molar-refractivity contribution in [3.63, 3.8) is 0 Å². The molecule has 0 saturated carbocycles. The Morgan fingerprint density at radius 3 is 2.20 bits per heavy atom. The summed E-state index contributed by atoms with van der Waals surface area (Å²) >= 11 is 0. The van der Waals surface area contributed by atoms with Crippen LogP contribution in [0.15, 0.2) is 30.3 Å². The second-order valence-electron chi connectivity index (χ2n) is 3.87. The number of benzene rings is 2. The van der Waals surface area contributed by atoms with Gasteiger partial charge in [0, 0.05) is 0 Å². The third-order valence-electron chi connectivity index (χ3n) is 2.71. The molecule has 2 nitrogen and oxygen atoms in total. The predicted molar refractivity (Wildman–Crippen MR) is 62.7 cm³/mol. The van der Waals surface area contributed by atoms with Crippen LogP contribution >= 0.6 is 0 Å². The molecule has 0 saturated heterocycles. The van der Waals surface area contributed by atoms with Crippen molar-refractivity contribution in [2.24, 2.45) is 0 Å². The Balaban J connectivity index is 2.55. The van der Waals surface area contributed by atoms with Gasteiger partial charge in [0.05, 0.1) is 18.2 Å². The number of carbonyl (C=O) groups excluding carboxylic acids is 1. The van der Waals surface area contributed by atoms with Crippen molar-refractivity contribution in [3.8, 4) is 5.75 Å². The van der Waals surface area contributed by atoms with Crippen molar-refractivity contribution >= 4 is 5.78 Å². The number of ether oxygens (including phenoxy) is 1. The highest BCUT2D eigenvalue weighted by Gasteiger charge is 2.23. The van der Waals surface area contributed by atoms with E-state index < -0.39 is 40.2 Å². The molecule has 104 valence electrons. The summed E-state index contributed by atoms with van der Waals surface area (Å²) in [5, 5.41) is 0. The molecule has 0 fully saturated rings. The van der Waals surface area contributed by atoms with Gasteiger partial charge in [-0.25, -0.2) is 17.6 Å². The van der Waals surface area contributed by atoms with E-state index in [1.54, 1.807) is 0 Å². The van der Waals surface area contributed by atoms with Crippen LogP contribution in [0, 0.1) is 23.3 Å². The van der Waals surface area contributed by atoms with E-state index in [-0.39, 0.29) is 5.75 Å². The summed E-state index contributed by atoms with van der Waals surface area (Å²) in [7, 11) is 1.20. The molecule has 2 aromatic carbocycles. The van der Waals surface area contributed by atoms with Gasteiger partial charge < -0.3 is 4.74 Å². The number of rotatable bonds is 3. The Bertz CT molecular complexity index is 683. The maximum absolute atomic E-state index is 13.9. The molecule has 6 heteroatoms. The van der Waals surface area contributed by atoms with E-state index >= 15 is 0 Å². The number of hydrogen-bond acceptors (Lipinski definition) is 2. The summed E-state index contributed by atoms with van der Waals surface area (Å²) < 4.78 is 58.0. The maximum atomic E-state index is 13.9. The van der Waals surface area contributed by atoms with Crippen LogP contribution in [-0.4, -0.2) is 12.9 Å². The molecule has 0 atom stereocenters. The molecule has 0 amide bonds. The lowest BCUT2D eigenvalue weighted by Gasteiger charge is -2.08. The minimum Gasteiger partial charge on any atom is -0.494 e. The van der Waals surface area contributed by atoms with Gasteiger partial charge in [0.2, 0.25) is 0 Å². The molecule has 20 heavy (non-hydrogen) atoms. The Labute approximate surface area is 111 Å². The maximum Gasteiger partial charge on any atom is 0.199 e. The Morgan fingerprint density at radius 1 is 0.900 bits per heavy atom. The largest absolute Gasteiger partial charge is 0.494 e. The summed E-state index contributed by atoms with van der Waals surface area (Å²) in [6, 6.07) is 5.06. The van der Waals surface area contributed by atoms with E-state index in [2.05, 4.69) is 4.74 Å². The van der Waals surface area contributed by atoms with Crippen molar-refractivity contribution in [3.05, 3.63) is 64.7 Å². The topological polar surface area (TPSA) is 26.3 Å². The van der Waals surface area contributed by atoms with Crippen LogP contribution < -0.4 is 4.74 Å². The zero-order valence-electron chi connectivity index (χ0n) is 10.2. The first-order chi connectivity index (χ1) is 9.47. The minimum atomic E-state index is -1.78. The first-order valence-corrected chi connectivity index (χ1v) is 5.48. The second-order valence-corrected chi connectivity index (χ2v) is 3.87. The van der Waals surface area contributed by atoms with Crippen LogP contribution in [-0.2, 0) is 0 Å². The number of methoxy groups -OCH3 is 1. The fraction of sp³-hybridized carbons (Fsp3) is 0.0714. The van der Waals surface area contributed by atoms with Crippen LogP contribution in [0.3, 0.4) is 0 Å². The number of carbonyl (C=O) groups is 1. The van der Waals surface area contributed by atoms with Crippen LogP contribution in [0.1, 0.15) is 15.9 Å². The van der Waals surface area contributed by atoms with Crippen molar-refractivity contribution in [2.75, 3.05) is 7.11 Å².